The molecule has 3 rings (SSSR count). The van der Waals surface area contributed by atoms with Crippen LogP contribution in [0.4, 0.5) is 9.18 Å². The van der Waals surface area contributed by atoms with Gasteiger partial charge in [-0.2, -0.15) is 0 Å². The number of thiazole rings is 1. The first kappa shape index (κ1) is 14.7. The van der Waals surface area contributed by atoms with E-state index in [9.17, 15) is 14.0 Å². The number of aromatic nitrogens is 1. The third-order valence-electron chi connectivity index (χ3n) is 2.93. The van der Waals surface area contributed by atoms with Gasteiger partial charge in [0.1, 0.15) is 15.7 Å². The van der Waals surface area contributed by atoms with Gasteiger partial charge in [0.15, 0.2) is 0 Å². The Hall–Kier alpha value is -2.19. The van der Waals surface area contributed by atoms with Crippen LogP contribution in [0.25, 0.3) is 10.6 Å². The molecule has 0 spiro atoms. The smallest absolute Gasteiger partial charge is 0.335 e. The second-order valence-corrected chi connectivity index (χ2v) is 5.98. The highest BCUT2D eigenvalue weighted by molar-refractivity contribution is 7.16. The van der Waals surface area contributed by atoms with E-state index in [1.165, 1.54) is 23.3 Å². The molecule has 3 amide bonds. The number of nitrogens with one attached hydrogen (secondary N) is 2. The van der Waals surface area contributed by atoms with Gasteiger partial charge < -0.3 is 5.32 Å². The summed E-state index contributed by atoms with van der Waals surface area (Å²) in [5, 5.41) is 4.49. The van der Waals surface area contributed by atoms with E-state index in [1.54, 1.807) is 6.07 Å². The summed E-state index contributed by atoms with van der Waals surface area (Å²) < 4.78 is 13.4. The lowest BCUT2D eigenvalue weighted by molar-refractivity contribution is 0.0856. The zero-order valence-electron chi connectivity index (χ0n) is 11.1. The molecule has 6 nitrogen and oxygen atoms in total. The quantitative estimate of drug-likeness (QED) is 0.900. The Morgan fingerprint density at radius 1 is 1.45 bits per heavy atom. The minimum atomic E-state index is -0.475. The minimum absolute atomic E-state index is 0.255. The van der Waals surface area contributed by atoms with Crippen molar-refractivity contribution in [1.29, 1.82) is 0 Å². The SMILES string of the molecule is O=C(NN1CCNC1=O)c1cnc(-c2cc(F)cc(Cl)c2)s1. The van der Waals surface area contributed by atoms with Crippen LogP contribution in [0.2, 0.25) is 5.02 Å². The average Bonchev–Trinajstić information content (AvgIpc) is 3.08. The Balaban J connectivity index is 1.78. The number of urea groups is 1. The highest BCUT2D eigenvalue weighted by atomic mass is 35.5. The number of carbonyl (C=O) groups excluding carboxylic acids is 2. The van der Waals surface area contributed by atoms with Gasteiger partial charge in [-0.15, -0.1) is 11.3 Å². The van der Waals surface area contributed by atoms with Gasteiger partial charge in [-0.05, 0) is 18.2 Å². The van der Waals surface area contributed by atoms with Gasteiger partial charge in [0, 0.05) is 17.1 Å². The van der Waals surface area contributed by atoms with Gasteiger partial charge in [-0.3, -0.25) is 10.2 Å². The van der Waals surface area contributed by atoms with Crippen molar-refractivity contribution in [3.63, 3.8) is 0 Å². The molecular formula is C13H10ClFN4O2S. The van der Waals surface area contributed by atoms with Crippen LogP contribution in [0, 0.1) is 5.82 Å². The van der Waals surface area contributed by atoms with Crippen molar-refractivity contribution in [3.8, 4) is 10.6 Å². The molecule has 1 aromatic carbocycles. The third kappa shape index (κ3) is 3.02. The maximum atomic E-state index is 13.4. The Labute approximate surface area is 133 Å². The van der Waals surface area contributed by atoms with Crippen LogP contribution in [0.1, 0.15) is 9.67 Å². The average molecular weight is 341 g/mol. The maximum Gasteiger partial charge on any atom is 0.336 e. The van der Waals surface area contributed by atoms with E-state index < -0.39 is 11.7 Å². The highest BCUT2D eigenvalue weighted by Gasteiger charge is 2.23. The van der Waals surface area contributed by atoms with E-state index >= 15 is 0 Å². The number of hydrogen-bond acceptors (Lipinski definition) is 4. The zero-order chi connectivity index (χ0) is 15.7. The number of rotatable bonds is 3. The van der Waals surface area contributed by atoms with Gasteiger partial charge >= 0.3 is 6.03 Å². The molecule has 1 aliphatic heterocycles. The molecule has 0 unspecified atom stereocenters. The van der Waals surface area contributed by atoms with Gasteiger partial charge in [0.25, 0.3) is 5.91 Å². The van der Waals surface area contributed by atoms with E-state index in [-0.39, 0.29) is 11.1 Å². The molecule has 0 atom stereocenters. The standard InChI is InChI=1S/C13H10ClFN4O2S/c14-8-3-7(4-9(15)5-8)12-17-6-10(22-12)11(20)18-19-2-1-16-13(19)21/h3-6H,1-2H2,(H,16,21)(H,18,20). The van der Waals surface area contributed by atoms with Crippen molar-refractivity contribution in [2.45, 2.75) is 0 Å². The van der Waals surface area contributed by atoms with E-state index in [0.29, 0.717) is 28.5 Å². The number of nitrogens with zero attached hydrogens (tertiary/aromatic N) is 2. The van der Waals surface area contributed by atoms with Crippen molar-refractivity contribution in [2.24, 2.45) is 0 Å². The number of benzene rings is 1. The molecule has 22 heavy (non-hydrogen) atoms. The molecule has 0 saturated carbocycles. The van der Waals surface area contributed by atoms with Crippen molar-refractivity contribution in [2.75, 3.05) is 13.1 Å². The fourth-order valence-corrected chi connectivity index (χ4v) is 2.96. The topological polar surface area (TPSA) is 74.3 Å². The summed E-state index contributed by atoms with van der Waals surface area (Å²) in [6.45, 7) is 0.880. The largest absolute Gasteiger partial charge is 0.336 e. The van der Waals surface area contributed by atoms with Crippen LogP contribution in [0.15, 0.2) is 24.4 Å². The monoisotopic (exact) mass is 340 g/mol. The van der Waals surface area contributed by atoms with Gasteiger partial charge in [-0.1, -0.05) is 11.6 Å². The molecule has 1 saturated heterocycles. The van der Waals surface area contributed by atoms with Crippen LogP contribution in [0.3, 0.4) is 0 Å². The second kappa shape index (κ2) is 5.90. The molecule has 2 aromatic rings. The van der Waals surface area contributed by atoms with Crippen LogP contribution in [-0.2, 0) is 0 Å². The summed E-state index contributed by atoms with van der Waals surface area (Å²) in [4.78, 5) is 27.8. The first-order chi connectivity index (χ1) is 10.5. The lowest BCUT2D eigenvalue weighted by Gasteiger charge is -2.14. The van der Waals surface area contributed by atoms with Gasteiger partial charge in [0.05, 0.1) is 12.7 Å². The fraction of sp³-hybridized carbons (Fsp3) is 0.154. The number of carbonyl (C=O) groups is 2. The van der Waals surface area contributed by atoms with Crippen molar-refractivity contribution in [3.05, 3.63) is 40.1 Å². The molecule has 0 bridgehead atoms. The number of amides is 3. The third-order valence-corrected chi connectivity index (χ3v) is 4.20. The van der Waals surface area contributed by atoms with Crippen molar-refractivity contribution < 1.29 is 14.0 Å². The predicted molar refractivity (Wildman–Crippen MR) is 80.1 cm³/mol. The summed E-state index contributed by atoms with van der Waals surface area (Å²) in [7, 11) is 0. The minimum Gasteiger partial charge on any atom is -0.335 e. The highest BCUT2D eigenvalue weighted by Crippen LogP contribution is 2.28. The normalized spacial score (nSPS) is 14.1. The second-order valence-electron chi connectivity index (χ2n) is 4.51. The molecule has 0 aliphatic carbocycles. The molecule has 9 heteroatoms. The van der Waals surface area contributed by atoms with Crippen LogP contribution in [0.5, 0.6) is 0 Å². The summed E-state index contributed by atoms with van der Waals surface area (Å²) in [6.07, 6.45) is 1.38. The Morgan fingerprint density at radius 2 is 2.27 bits per heavy atom. The molecule has 0 radical (unpaired) electrons. The molecule has 2 heterocycles. The predicted octanol–water partition coefficient (Wildman–Crippen LogP) is 2.27. The zero-order valence-corrected chi connectivity index (χ0v) is 12.7. The molecule has 1 fully saturated rings. The van der Waals surface area contributed by atoms with E-state index in [0.717, 1.165) is 11.3 Å². The van der Waals surface area contributed by atoms with Crippen molar-refractivity contribution in [1.82, 2.24) is 20.7 Å². The molecular weight excluding hydrogens is 331 g/mol. The number of halogens is 2. The summed E-state index contributed by atoms with van der Waals surface area (Å²) >= 11 is 6.89. The summed E-state index contributed by atoms with van der Waals surface area (Å²) in [6, 6.07) is 3.70. The van der Waals surface area contributed by atoms with E-state index in [2.05, 4.69) is 15.7 Å². The fourth-order valence-electron chi connectivity index (χ4n) is 1.95. The van der Waals surface area contributed by atoms with E-state index in [1.807, 2.05) is 0 Å². The molecule has 1 aliphatic rings. The molecule has 114 valence electrons. The number of hydrogen-bond donors (Lipinski definition) is 2. The molecule has 2 N–H and O–H groups in total. The van der Waals surface area contributed by atoms with Gasteiger partial charge in [0.2, 0.25) is 0 Å². The first-order valence-corrected chi connectivity index (χ1v) is 7.51. The lowest BCUT2D eigenvalue weighted by Crippen LogP contribution is -2.43. The summed E-state index contributed by atoms with van der Waals surface area (Å²) in [5.41, 5.74) is 2.98. The van der Waals surface area contributed by atoms with Crippen molar-refractivity contribution >= 4 is 34.9 Å². The Kier molecular flexibility index (Phi) is 3.95. The van der Waals surface area contributed by atoms with Crippen LogP contribution in [-0.4, -0.2) is 35.0 Å². The number of hydrazine groups is 1. The van der Waals surface area contributed by atoms with Crippen LogP contribution < -0.4 is 10.7 Å². The Bertz CT molecular complexity index is 731. The summed E-state index contributed by atoms with van der Waals surface area (Å²) in [5.74, 6) is -0.916. The van der Waals surface area contributed by atoms with E-state index in [4.69, 9.17) is 11.6 Å². The van der Waals surface area contributed by atoms with Crippen LogP contribution >= 0.6 is 22.9 Å². The van der Waals surface area contributed by atoms with Gasteiger partial charge in [-0.25, -0.2) is 19.2 Å². The molecule has 1 aromatic heterocycles. The first-order valence-electron chi connectivity index (χ1n) is 6.31. The Morgan fingerprint density at radius 3 is 2.95 bits per heavy atom. The maximum absolute atomic E-state index is 13.4. The lowest BCUT2D eigenvalue weighted by atomic mass is 10.2.